The van der Waals surface area contributed by atoms with E-state index in [1.807, 2.05) is 0 Å². The van der Waals surface area contributed by atoms with Gasteiger partial charge in [0.15, 0.2) is 11.4 Å². The fraction of sp³-hybridized carbons (Fsp3) is 0.438. The fourth-order valence-electron chi connectivity index (χ4n) is 4.55. The number of aromatic nitrogens is 4. The molecule has 0 unspecified atom stereocenters. The topological polar surface area (TPSA) is 226 Å². The van der Waals surface area contributed by atoms with Gasteiger partial charge in [0.1, 0.15) is 23.5 Å². The third-order valence-electron chi connectivity index (χ3n) is 7.05. The smallest absolute Gasteiger partial charge is 0.328 e. The lowest BCUT2D eigenvalue weighted by Crippen LogP contribution is -2.46. The molecule has 0 aliphatic heterocycles. The van der Waals surface area contributed by atoms with E-state index < -0.39 is 47.7 Å². The summed E-state index contributed by atoms with van der Waals surface area (Å²) < 4.78 is 10.1. The van der Waals surface area contributed by atoms with Gasteiger partial charge in [-0.15, -0.1) is 0 Å². The van der Waals surface area contributed by atoms with Crippen molar-refractivity contribution in [3.8, 4) is 0 Å². The molecule has 2 aromatic heterocycles. The van der Waals surface area contributed by atoms with Gasteiger partial charge in [0.05, 0.1) is 25.9 Å². The molecule has 16 nitrogen and oxygen atoms in total. The summed E-state index contributed by atoms with van der Waals surface area (Å²) in [4.78, 5) is 89.6. The molecule has 2 atom stereocenters. The van der Waals surface area contributed by atoms with Crippen molar-refractivity contribution in [1.29, 1.82) is 0 Å². The van der Waals surface area contributed by atoms with Crippen LogP contribution in [0.4, 0.5) is 0 Å². The number of hydrogen-bond donors (Lipinski definition) is 6. The predicted molar refractivity (Wildman–Crippen MR) is 171 cm³/mol. The number of rotatable bonds is 16. The van der Waals surface area contributed by atoms with Crippen LogP contribution in [0.15, 0.2) is 36.9 Å². The molecule has 2 heterocycles. The van der Waals surface area contributed by atoms with Crippen LogP contribution in [-0.2, 0) is 32.2 Å². The largest absolute Gasteiger partial charge is 0.464 e. The summed E-state index contributed by atoms with van der Waals surface area (Å²) in [5.74, 6) is -4.29. The minimum absolute atomic E-state index is 0.0800. The maximum atomic E-state index is 13.0. The number of carbonyl (C=O) groups is 6. The maximum Gasteiger partial charge on any atom is 0.328 e. The van der Waals surface area contributed by atoms with Crippen molar-refractivity contribution in [1.82, 2.24) is 41.2 Å². The van der Waals surface area contributed by atoms with Gasteiger partial charge in [-0.1, -0.05) is 52.0 Å². The second-order valence-electron chi connectivity index (χ2n) is 11.3. The van der Waals surface area contributed by atoms with Crippen LogP contribution in [0.2, 0.25) is 0 Å². The molecule has 0 bridgehead atoms. The van der Waals surface area contributed by atoms with E-state index >= 15 is 0 Å². The number of amides is 4. The first-order chi connectivity index (χ1) is 22.9. The van der Waals surface area contributed by atoms with E-state index in [0.29, 0.717) is 11.1 Å². The van der Waals surface area contributed by atoms with Gasteiger partial charge in [-0.2, -0.15) is 0 Å². The fourth-order valence-corrected chi connectivity index (χ4v) is 4.55. The number of imidazole rings is 2. The molecule has 0 radical (unpaired) electrons. The van der Waals surface area contributed by atoms with Gasteiger partial charge in [0.25, 0.3) is 23.6 Å². The Bertz CT molecular complexity index is 1500. The number of aromatic amines is 2. The first kappa shape index (κ1) is 36.9. The number of carbonyl (C=O) groups excluding carboxylic acids is 6. The monoisotopic (exact) mass is 666 g/mol. The number of ether oxygens (including phenoxy) is 2. The Hall–Kier alpha value is -5.54. The number of nitrogens with one attached hydrogen (secondary N) is 6. The molecular formula is C32H42N8O8. The van der Waals surface area contributed by atoms with Crippen molar-refractivity contribution in [3.05, 3.63) is 70.8 Å². The van der Waals surface area contributed by atoms with Crippen LogP contribution < -0.4 is 21.3 Å². The number of hydrogen-bond acceptors (Lipinski definition) is 10. The molecule has 0 saturated heterocycles. The molecule has 1 aromatic carbocycles. The molecule has 0 fully saturated rings. The molecule has 0 saturated carbocycles. The predicted octanol–water partition coefficient (Wildman–Crippen LogP) is 1.63. The van der Waals surface area contributed by atoms with Crippen LogP contribution in [0.5, 0.6) is 0 Å². The van der Waals surface area contributed by atoms with Gasteiger partial charge in [-0.05, 0) is 36.8 Å². The van der Waals surface area contributed by atoms with Crippen molar-refractivity contribution in [2.24, 2.45) is 11.8 Å². The zero-order chi connectivity index (χ0) is 35.4. The highest BCUT2D eigenvalue weighted by Gasteiger charge is 2.30. The third kappa shape index (κ3) is 9.73. The van der Waals surface area contributed by atoms with Crippen LogP contribution in [0, 0.1) is 11.8 Å². The second kappa shape index (κ2) is 17.4. The second-order valence-corrected chi connectivity index (χ2v) is 11.3. The summed E-state index contributed by atoms with van der Waals surface area (Å²) in [6.45, 7) is 10.8. The van der Waals surface area contributed by atoms with E-state index in [4.69, 9.17) is 9.47 Å². The quantitative estimate of drug-likeness (QED) is 0.121. The molecular weight excluding hydrogens is 624 g/mol. The van der Waals surface area contributed by atoms with Crippen molar-refractivity contribution < 1.29 is 38.2 Å². The first-order valence-corrected chi connectivity index (χ1v) is 15.5. The number of benzene rings is 1. The van der Waals surface area contributed by atoms with Gasteiger partial charge in [-0.25, -0.2) is 19.6 Å². The minimum atomic E-state index is -0.918. The molecule has 4 amide bonds. The average molecular weight is 667 g/mol. The van der Waals surface area contributed by atoms with Crippen molar-refractivity contribution in [3.63, 3.8) is 0 Å². The maximum absolute atomic E-state index is 13.0. The molecule has 0 aliphatic rings. The van der Waals surface area contributed by atoms with Crippen LogP contribution in [0.3, 0.4) is 0 Å². The Morgan fingerprint density at radius 2 is 1.06 bits per heavy atom. The Morgan fingerprint density at radius 1 is 0.667 bits per heavy atom. The lowest BCUT2D eigenvalue weighted by Gasteiger charge is -2.20. The average Bonchev–Trinajstić information content (AvgIpc) is 3.75. The number of nitrogens with zero attached hydrogens (tertiary/aromatic N) is 2. The number of H-pyrrole nitrogens is 2. The standard InChI is InChI=1S/C32H42N8O8/c1-7-47-31(45)21(17(3)4)39-29(43)25-23(35-15-37-25)27(41)33-13-19-10-9-11-20(12-19)14-34-28(42)24-26(38-16-36-24)30(44)40-22(18(5)6)32(46)48-8-2/h9-12,15-18,21-22H,7-8,13-14H2,1-6H3,(H,33,41)(H,34,42)(H,35,37)(H,36,38)(H,39,43)(H,40,44)/t21-,22-/m0/s1. The molecule has 6 N–H and O–H groups in total. The summed E-state index contributed by atoms with van der Waals surface area (Å²) >= 11 is 0. The van der Waals surface area contributed by atoms with E-state index in [0.717, 1.165) is 0 Å². The van der Waals surface area contributed by atoms with Crippen molar-refractivity contribution in [2.75, 3.05) is 13.2 Å². The summed E-state index contributed by atoms with van der Waals surface area (Å²) in [5.41, 5.74) is 0.885. The van der Waals surface area contributed by atoms with Crippen LogP contribution in [0.1, 0.15) is 94.6 Å². The lowest BCUT2D eigenvalue weighted by molar-refractivity contribution is -0.147. The summed E-state index contributed by atoms with van der Waals surface area (Å²) in [7, 11) is 0. The van der Waals surface area contributed by atoms with Gasteiger partial charge >= 0.3 is 11.9 Å². The Kier molecular flexibility index (Phi) is 13.4. The van der Waals surface area contributed by atoms with E-state index in [1.54, 1.807) is 65.8 Å². The zero-order valence-corrected chi connectivity index (χ0v) is 27.8. The van der Waals surface area contributed by atoms with Gasteiger partial charge in [-0.3, -0.25) is 19.2 Å². The van der Waals surface area contributed by atoms with Gasteiger partial charge in [0, 0.05) is 13.1 Å². The lowest BCUT2D eigenvalue weighted by atomic mass is 10.0. The highest BCUT2D eigenvalue weighted by Crippen LogP contribution is 2.12. The molecule has 3 rings (SSSR count). The molecule has 3 aromatic rings. The van der Waals surface area contributed by atoms with Crippen LogP contribution in [0.25, 0.3) is 0 Å². The van der Waals surface area contributed by atoms with Crippen molar-refractivity contribution >= 4 is 35.6 Å². The Morgan fingerprint density at radius 3 is 1.42 bits per heavy atom. The van der Waals surface area contributed by atoms with E-state index in [2.05, 4.69) is 41.2 Å². The van der Waals surface area contributed by atoms with E-state index in [1.165, 1.54) is 12.7 Å². The van der Waals surface area contributed by atoms with Crippen molar-refractivity contribution in [2.45, 2.75) is 66.7 Å². The summed E-state index contributed by atoms with van der Waals surface area (Å²) in [6, 6.07) is 5.21. The van der Waals surface area contributed by atoms with Gasteiger partial charge in [0.2, 0.25) is 0 Å². The first-order valence-electron chi connectivity index (χ1n) is 15.5. The molecule has 48 heavy (non-hydrogen) atoms. The molecule has 258 valence electrons. The third-order valence-corrected chi connectivity index (χ3v) is 7.05. The Labute approximate surface area is 277 Å². The highest BCUT2D eigenvalue weighted by molar-refractivity contribution is 6.06. The highest BCUT2D eigenvalue weighted by atomic mass is 16.5. The zero-order valence-electron chi connectivity index (χ0n) is 27.8. The van der Waals surface area contributed by atoms with E-state index in [-0.39, 0.29) is 60.9 Å². The minimum Gasteiger partial charge on any atom is -0.464 e. The van der Waals surface area contributed by atoms with E-state index in [9.17, 15) is 28.8 Å². The number of esters is 2. The van der Waals surface area contributed by atoms with Gasteiger partial charge < -0.3 is 40.7 Å². The molecule has 0 spiro atoms. The SMILES string of the molecule is CCOC(=O)[C@@H](NC(=O)c1nc[nH]c1C(=O)NCc1cccc(CNC(=O)c2[nH]cnc2C(=O)N[C@H](C(=O)OCC)C(C)C)c1)C(C)C. The van der Waals surface area contributed by atoms with Crippen LogP contribution in [-0.4, -0.2) is 80.8 Å². The molecule has 0 aliphatic carbocycles. The normalized spacial score (nSPS) is 12.2. The Balaban J connectivity index is 1.60. The summed E-state index contributed by atoms with van der Waals surface area (Å²) in [6.07, 6.45) is 2.42. The molecule has 16 heteroatoms. The van der Waals surface area contributed by atoms with Crippen LogP contribution >= 0.6 is 0 Å². The summed E-state index contributed by atoms with van der Waals surface area (Å²) in [5, 5.41) is 10.6.